The molecule has 2 N–H and O–H groups in total. The molecule has 0 saturated heterocycles. The first-order chi connectivity index (χ1) is 11.9. The van der Waals surface area contributed by atoms with Crippen molar-refractivity contribution in [3.63, 3.8) is 0 Å². The normalized spacial score (nSPS) is 13.0. The Balaban J connectivity index is 0.00000625. The van der Waals surface area contributed by atoms with Crippen LogP contribution >= 0.6 is 24.0 Å². The summed E-state index contributed by atoms with van der Waals surface area (Å²) in [5.41, 5.74) is 0.989. The molecule has 0 saturated carbocycles. The summed E-state index contributed by atoms with van der Waals surface area (Å²) in [6.07, 6.45) is 6.12. The Morgan fingerprint density at radius 3 is 2.27 bits per heavy atom. The van der Waals surface area contributed by atoms with E-state index >= 15 is 0 Å². The Kier molecular flexibility index (Phi) is 12.9. The number of halogens is 1. The van der Waals surface area contributed by atoms with Gasteiger partial charge in [0, 0.05) is 19.3 Å². The minimum Gasteiger partial charge on any atom is -0.357 e. The van der Waals surface area contributed by atoms with E-state index in [2.05, 4.69) is 29.5 Å². The maximum atomic E-state index is 11.5. The van der Waals surface area contributed by atoms with Gasteiger partial charge < -0.3 is 10.6 Å². The quantitative estimate of drug-likeness (QED) is 0.293. The molecule has 1 atom stereocenters. The highest BCUT2D eigenvalue weighted by molar-refractivity contribution is 14.0. The minimum atomic E-state index is -3.15. The Bertz CT molecular complexity index is 631. The predicted molar refractivity (Wildman–Crippen MR) is 121 cm³/mol. The maximum absolute atomic E-state index is 11.5. The van der Waals surface area contributed by atoms with Crippen LogP contribution in [0.1, 0.15) is 52.0 Å². The second kappa shape index (κ2) is 13.4. The fourth-order valence-corrected chi connectivity index (χ4v) is 3.17. The number of benzene rings is 1. The van der Waals surface area contributed by atoms with Gasteiger partial charge in [-0.3, -0.25) is 0 Å². The standard InChI is InChI=1S/C19H33N3O2S.HI/c1-5-8-9-16(6-2)14-21-19(20-7-3)22-15-17-10-12-18(13-11-17)25(4,23)24;/h10-13,16H,5-9,14-15H2,1-4H3,(H2,20,21,22);1H. The fourth-order valence-electron chi connectivity index (χ4n) is 2.54. The van der Waals surface area contributed by atoms with Crippen molar-refractivity contribution < 1.29 is 8.42 Å². The van der Waals surface area contributed by atoms with Gasteiger partial charge in [0.25, 0.3) is 0 Å². The molecule has 1 unspecified atom stereocenters. The van der Waals surface area contributed by atoms with E-state index in [1.807, 2.05) is 19.1 Å². The molecule has 0 aromatic heterocycles. The number of nitrogens with one attached hydrogen (secondary N) is 2. The lowest BCUT2D eigenvalue weighted by atomic mass is 9.99. The Morgan fingerprint density at radius 1 is 1.12 bits per heavy atom. The summed E-state index contributed by atoms with van der Waals surface area (Å²) in [5, 5.41) is 6.70. The van der Waals surface area contributed by atoms with Gasteiger partial charge in [0.2, 0.25) is 0 Å². The van der Waals surface area contributed by atoms with Crippen molar-refractivity contribution in [2.24, 2.45) is 10.9 Å². The molecule has 1 aromatic rings. The minimum absolute atomic E-state index is 0. The first-order valence-corrected chi connectivity index (χ1v) is 11.1. The van der Waals surface area contributed by atoms with Crippen molar-refractivity contribution in [3.05, 3.63) is 29.8 Å². The zero-order valence-corrected chi connectivity index (χ0v) is 19.6. The molecule has 5 nitrogen and oxygen atoms in total. The maximum Gasteiger partial charge on any atom is 0.191 e. The van der Waals surface area contributed by atoms with Crippen LogP contribution in [0.4, 0.5) is 0 Å². The Hall–Kier alpha value is -0.830. The summed E-state index contributed by atoms with van der Waals surface area (Å²) in [6.45, 7) is 8.76. The summed E-state index contributed by atoms with van der Waals surface area (Å²) < 4.78 is 23.0. The molecule has 0 radical (unpaired) electrons. The van der Waals surface area contributed by atoms with Crippen LogP contribution in [0.5, 0.6) is 0 Å². The van der Waals surface area contributed by atoms with Crippen LogP contribution in [-0.2, 0) is 16.4 Å². The topological polar surface area (TPSA) is 70.6 Å². The van der Waals surface area contributed by atoms with Gasteiger partial charge in [0.05, 0.1) is 11.4 Å². The third-order valence-corrected chi connectivity index (χ3v) is 5.35. The second-order valence-electron chi connectivity index (χ2n) is 6.41. The van der Waals surface area contributed by atoms with Crippen molar-refractivity contribution in [1.82, 2.24) is 10.6 Å². The molecule has 1 rings (SSSR count). The average molecular weight is 495 g/mol. The van der Waals surface area contributed by atoms with Gasteiger partial charge >= 0.3 is 0 Å². The number of sulfone groups is 1. The van der Waals surface area contributed by atoms with E-state index in [0.29, 0.717) is 17.4 Å². The Labute approximate surface area is 176 Å². The molecule has 150 valence electrons. The van der Waals surface area contributed by atoms with E-state index in [-0.39, 0.29) is 24.0 Å². The highest BCUT2D eigenvalue weighted by atomic mass is 127. The van der Waals surface area contributed by atoms with Crippen LogP contribution in [0.2, 0.25) is 0 Å². The number of rotatable bonds is 10. The van der Waals surface area contributed by atoms with E-state index < -0.39 is 9.84 Å². The second-order valence-corrected chi connectivity index (χ2v) is 8.42. The molecule has 0 aliphatic heterocycles. The summed E-state index contributed by atoms with van der Waals surface area (Å²) in [4.78, 5) is 4.95. The third kappa shape index (κ3) is 9.75. The van der Waals surface area contributed by atoms with Crippen LogP contribution in [0.3, 0.4) is 0 Å². The van der Waals surface area contributed by atoms with Gasteiger partial charge in [-0.15, -0.1) is 24.0 Å². The van der Waals surface area contributed by atoms with Crippen LogP contribution in [-0.4, -0.2) is 33.7 Å². The number of hydrogen-bond acceptors (Lipinski definition) is 3. The van der Waals surface area contributed by atoms with Gasteiger partial charge in [0.1, 0.15) is 0 Å². The molecule has 0 fully saturated rings. The summed E-state index contributed by atoms with van der Waals surface area (Å²) >= 11 is 0. The molecule has 7 heteroatoms. The number of aliphatic imine (C=N–C) groups is 1. The molecule has 0 aliphatic rings. The smallest absolute Gasteiger partial charge is 0.191 e. The van der Waals surface area contributed by atoms with Crippen molar-refractivity contribution in [1.29, 1.82) is 0 Å². The molecular weight excluding hydrogens is 461 g/mol. The largest absolute Gasteiger partial charge is 0.357 e. The van der Waals surface area contributed by atoms with Crippen LogP contribution in [0, 0.1) is 5.92 Å². The first-order valence-electron chi connectivity index (χ1n) is 9.21. The third-order valence-electron chi connectivity index (χ3n) is 4.22. The number of nitrogens with zero attached hydrogens (tertiary/aromatic N) is 1. The van der Waals surface area contributed by atoms with Crippen LogP contribution < -0.4 is 10.6 Å². The zero-order valence-electron chi connectivity index (χ0n) is 16.4. The molecule has 0 spiro atoms. The summed E-state index contributed by atoms with van der Waals surface area (Å²) in [7, 11) is -3.15. The zero-order chi connectivity index (χ0) is 18.7. The van der Waals surface area contributed by atoms with Gasteiger partial charge in [-0.25, -0.2) is 13.4 Å². The number of guanidine groups is 1. The molecular formula is C19H34IN3O2S. The van der Waals surface area contributed by atoms with Crippen molar-refractivity contribution >= 4 is 39.8 Å². The molecule has 26 heavy (non-hydrogen) atoms. The van der Waals surface area contributed by atoms with Crippen molar-refractivity contribution in [3.8, 4) is 0 Å². The SMILES string of the molecule is CCCCC(CC)CNC(=NCc1ccc(S(C)(=O)=O)cc1)NCC.I. The summed E-state index contributed by atoms with van der Waals surface area (Å²) in [6, 6.07) is 6.91. The van der Waals surface area contributed by atoms with Crippen molar-refractivity contribution in [2.75, 3.05) is 19.3 Å². The lowest BCUT2D eigenvalue weighted by molar-refractivity contribution is 0.443. The van der Waals surface area contributed by atoms with E-state index in [1.165, 1.54) is 31.9 Å². The van der Waals surface area contributed by atoms with E-state index in [1.54, 1.807) is 12.1 Å². The number of unbranched alkanes of at least 4 members (excludes halogenated alkanes) is 1. The number of hydrogen-bond donors (Lipinski definition) is 2. The van der Waals surface area contributed by atoms with Crippen molar-refractivity contribution in [2.45, 2.75) is 57.9 Å². The van der Waals surface area contributed by atoms with Gasteiger partial charge in [0.15, 0.2) is 15.8 Å². The van der Waals surface area contributed by atoms with E-state index in [0.717, 1.165) is 24.6 Å². The van der Waals surface area contributed by atoms with E-state index in [9.17, 15) is 8.42 Å². The molecule has 0 aliphatic carbocycles. The van der Waals surface area contributed by atoms with Gasteiger partial charge in [-0.1, -0.05) is 45.2 Å². The first kappa shape index (κ1) is 25.2. The fraction of sp³-hybridized carbons (Fsp3) is 0.632. The molecule has 0 bridgehead atoms. The molecule has 0 amide bonds. The monoisotopic (exact) mass is 495 g/mol. The van der Waals surface area contributed by atoms with Crippen LogP contribution in [0.15, 0.2) is 34.2 Å². The van der Waals surface area contributed by atoms with Gasteiger partial charge in [-0.2, -0.15) is 0 Å². The predicted octanol–water partition coefficient (Wildman–Crippen LogP) is 3.98. The van der Waals surface area contributed by atoms with Crippen LogP contribution in [0.25, 0.3) is 0 Å². The lowest BCUT2D eigenvalue weighted by Crippen LogP contribution is -2.39. The highest BCUT2D eigenvalue weighted by Crippen LogP contribution is 2.12. The molecule has 1 aromatic carbocycles. The highest BCUT2D eigenvalue weighted by Gasteiger charge is 2.08. The molecule has 0 heterocycles. The summed E-state index contributed by atoms with van der Waals surface area (Å²) in [5.74, 6) is 1.47. The lowest BCUT2D eigenvalue weighted by Gasteiger charge is -2.18. The van der Waals surface area contributed by atoms with Gasteiger partial charge in [-0.05, 0) is 37.0 Å². The average Bonchev–Trinajstić information content (AvgIpc) is 2.59. The Morgan fingerprint density at radius 2 is 1.77 bits per heavy atom. The van der Waals surface area contributed by atoms with E-state index in [4.69, 9.17) is 0 Å².